The molecule has 1 heterocycles. The molecule has 0 aromatic carbocycles. The molecule has 1 saturated heterocycles. The standard InChI is InChI=1S/C12H21NO3/c1-2-16-12(15)9-5-7-10-6-3-4-8-11(14)13-10/h10H,2-9H2,1H3,(H,13,14). The van der Waals surface area contributed by atoms with Crippen molar-refractivity contribution >= 4 is 11.9 Å². The van der Waals surface area contributed by atoms with Gasteiger partial charge in [-0.3, -0.25) is 9.59 Å². The minimum absolute atomic E-state index is 0.137. The number of ether oxygens (including phenoxy) is 1. The first-order valence-electron chi connectivity index (χ1n) is 6.17. The summed E-state index contributed by atoms with van der Waals surface area (Å²) in [7, 11) is 0. The summed E-state index contributed by atoms with van der Waals surface area (Å²) in [6.07, 6.45) is 5.90. The van der Waals surface area contributed by atoms with Crippen LogP contribution in [0.5, 0.6) is 0 Å². The molecule has 0 bridgehead atoms. The quantitative estimate of drug-likeness (QED) is 0.728. The largest absolute Gasteiger partial charge is 0.466 e. The van der Waals surface area contributed by atoms with Gasteiger partial charge >= 0.3 is 5.97 Å². The minimum Gasteiger partial charge on any atom is -0.466 e. The first-order valence-corrected chi connectivity index (χ1v) is 6.17. The lowest BCUT2D eigenvalue weighted by Gasteiger charge is -2.15. The molecule has 4 nitrogen and oxygen atoms in total. The van der Waals surface area contributed by atoms with Gasteiger partial charge in [-0.25, -0.2) is 0 Å². The van der Waals surface area contributed by atoms with Crippen molar-refractivity contribution in [1.82, 2.24) is 5.32 Å². The van der Waals surface area contributed by atoms with Crippen molar-refractivity contribution in [3.63, 3.8) is 0 Å². The van der Waals surface area contributed by atoms with Crippen LogP contribution in [-0.4, -0.2) is 24.5 Å². The van der Waals surface area contributed by atoms with Gasteiger partial charge in [-0.15, -0.1) is 0 Å². The van der Waals surface area contributed by atoms with E-state index >= 15 is 0 Å². The highest BCUT2D eigenvalue weighted by Crippen LogP contribution is 2.14. The van der Waals surface area contributed by atoms with Crippen LogP contribution in [0.2, 0.25) is 0 Å². The Morgan fingerprint density at radius 3 is 3.06 bits per heavy atom. The molecule has 1 N–H and O–H groups in total. The third-order valence-electron chi connectivity index (χ3n) is 2.81. The van der Waals surface area contributed by atoms with E-state index in [0.717, 1.165) is 32.1 Å². The highest BCUT2D eigenvalue weighted by molar-refractivity contribution is 5.76. The number of carbonyl (C=O) groups excluding carboxylic acids is 2. The van der Waals surface area contributed by atoms with E-state index in [1.165, 1.54) is 0 Å². The fourth-order valence-electron chi connectivity index (χ4n) is 1.99. The summed E-state index contributed by atoms with van der Waals surface area (Å²) in [5, 5.41) is 2.99. The lowest BCUT2D eigenvalue weighted by atomic mass is 10.0. The Balaban J connectivity index is 2.16. The molecule has 4 heteroatoms. The molecule has 0 radical (unpaired) electrons. The van der Waals surface area contributed by atoms with Gasteiger partial charge < -0.3 is 10.1 Å². The van der Waals surface area contributed by atoms with Crippen molar-refractivity contribution in [2.45, 2.75) is 57.9 Å². The molecule has 0 aromatic heterocycles. The number of hydrogen-bond donors (Lipinski definition) is 1. The SMILES string of the molecule is CCOC(=O)CCCC1CCCCC(=O)N1. The van der Waals surface area contributed by atoms with Crippen molar-refractivity contribution < 1.29 is 14.3 Å². The van der Waals surface area contributed by atoms with Crippen LogP contribution in [0.25, 0.3) is 0 Å². The minimum atomic E-state index is -0.137. The van der Waals surface area contributed by atoms with Gasteiger partial charge in [0.05, 0.1) is 6.61 Å². The molecule has 1 aliphatic heterocycles. The van der Waals surface area contributed by atoms with Crippen molar-refractivity contribution in [2.24, 2.45) is 0 Å². The van der Waals surface area contributed by atoms with Crippen LogP contribution < -0.4 is 5.32 Å². The molecule has 0 aromatic rings. The molecule has 0 saturated carbocycles. The molecule has 1 unspecified atom stereocenters. The highest BCUT2D eigenvalue weighted by atomic mass is 16.5. The predicted octanol–water partition coefficient (Wildman–Crippen LogP) is 1.78. The van der Waals surface area contributed by atoms with Gasteiger partial charge in [-0.05, 0) is 32.6 Å². The third kappa shape index (κ3) is 5.14. The summed E-state index contributed by atoms with van der Waals surface area (Å²) in [6, 6.07) is 0.254. The van der Waals surface area contributed by atoms with Crippen molar-refractivity contribution in [3.8, 4) is 0 Å². The van der Waals surface area contributed by atoms with E-state index in [0.29, 0.717) is 19.4 Å². The number of carbonyl (C=O) groups is 2. The second-order valence-corrected chi connectivity index (χ2v) is 4.21. The van der Waals surface area contributed by atoms with Crippen LogP contribution >= 0.6 is 0 Å². The van der Waals surface area contributed by atoms with E-state index in [1.807, 2.05) is 6.92 Å². The average Bonchev–Trinajstić information content (AvgIpc) is 2.43. The average molecular weight is 227 g/mol. The third-order valence-corrected chi connectivity index (χ3v) is 2.81. The maximum Gasteiger partial charge on any atom is 0.305 e. The lowest BCUT2D eigenvalue weighted by molar-refractivity contribution is -0.143. The predicted molar refractivity (Wildman–Crippen MR) is 60.9 cm³/mol. The Labute approximate surface area is 96.7 Å². The van der Waals surface area contributed by atoms with Gasteiger partial charge in [0.25, 0.3) is 0 Å². The van der Waals surface area contributed by atoms with Gasteiger partial charge in [0.15, 0.2) is 0 Å². The Morgan fingerprint density at radius 2 is 2.31 bits per heavy atom. The van der Waals surface area contributed by atoms with Crippen LogP contribution in [0.1, 0.15) is 51.9 Å². The lowest BCUT2D eigenvalue weighted by Crippen LogP contribution is -2.32. The number of nitrogens with one attached hydrogen (secondary N) is 1. The monoisotopic (exact) mass is 227 g/mol. The van der Waals surface area contributed by atoms with Gasteiger partial charge in [0, 0.05) is 18.9 Å². The van der Waals surface area contributed by atoms with E-state index in [4.69, 9.17) is 4.74 Å². The zero-order valence-electron chi connectivity index (χ0n) is 9.96. The summed E-state index contributed by atoms with van der Waals surface area (Å²) in [4.78, 5) is 22.4. The Kier molecular flexibility index (Phi) is 5.90. The first kappa shape index (κ1) is 13.0. The molecule has 16 heavy (non-hydrogen) atoms. The summed E-state index contributed by atoms with van der Waals surface area (Å²) in [6.45, 7) is 2.25. The van der Waals surface area contributed by atoms with Gasteiger partial charge in [0.1, 0.15) is 0 Å². The Bertz CT molecular complexity index is 240. The van der Waals surface area contributed by atoms with Gasteiger partial charge in [0.2, 0.25) is 5.91 Å². The Hall–Kier alpha value is -1.06. The topological polar surface area (TPSA) is 55.4 Å². The molecule has 1 aliphatic rings. The second-order valence-electron chi connectivity index (χ2n) is 4.21. The van der Waals surface area contributed by atoms with Crippen LogP contribution in [-0.2, 0) is 14.3 Å². The van der Waals surface area contributed by atoms with E-state index in [9.17, 15) is 9.59 Å². The molecular formula is C12H21NO3. The molecule has 1 atom stereocenters. The van der Waals surface area contributed by atoms with Crippen molar-refractivity contribution in [1.29, 1.82) is 0 Å². The molecule has 1 fully saturated rings. The highest BCUT2D eigenvalue weighted by Gasteiger charge is 2.16. The molecule has 0 spiro atoms. The van der Waals surface area contributed by atoms with E-state index < -0.39 is 0 Å². The van der Waals surface area contributed by atoms with Crippen molar-refractivity contribution in [2.75, 3.05) is 6.61 Å². The zero-order valence-corrected chi connectivity index (χ0v) is 9.96. The van der Waals surface area contributed by atoms with Gasteiger partial charge in [-0.1, -0.05) is 6.42 Å². The summed E-state index contributed by atoms with van der Waals surface area (Å²) >= 11 is 0. The van der Waals surface area contributed by atoms with E-state index in [2.05, 4.69) is 5.32 Å². The smallest absolute Gasteiger partial charge is 0.305 e. The zero-order chi connectivity index (χ0) is 11.8. The summed E-state index contributed by atoms with van der Waals surface area (Å²) in [5.74, 6) is 0.0149. The maximum atomic E-state index is 11.3. The molecule has 0 aliphatic carbocycles. The number of amides is 1. The second kappa shape index (κ2) is 7.25. The molecule has 92 valence electrons. The normalized spacial score (nSPS) is 21.1. The van der Waals surface area contributed by atoms with Crippen LogP contribution in [0, 0.1) is 0 Å². The number of esters is 1. The fourth-order valence-corrected chi connectivity index (χ4v) is 1.99. The summed E-state index contributed by atoms with van der Waals surface area (Å²) in [5.41, 5.74) is 0. The number of hydrogen-bond acceptors (Lipinski definition) is 3. The maximum absolute atomic E-state index is 11.3. The van der Waals surface area contributed by atoms with E-state index in [1.54, 1.807) is 0 Å². The number of rotatable bonds is 5. The first-order chi connectivity index (χ1) is 7.72. The van der Waals surface area contributed by atoms with E-state index in [-0.39, 0.29) is 17.9 Å². The molecule has 1 amide bonds. The Morgan fingerprint density at radius 1 is 1.50 bits per heavy atom. The summed E-state index contributed by atoms with van der Waals surface area (Å²) < 4.78 is 4.85. The molecule has 1 rings (SSSR count). The molecular weight excluding hydrogens is 206 g/mol. The van der Waals surface area contributed by atoms with Crippen LogP contribution in [0.4, 0.5) is 0 Å². The van der Waals surface area contributed by atoms with Gasteiger partial charge in [-0.2, -0.15) is 0 Å². The van der Waals surface area contributed by atoms with Crippen LogP contribution in [0.15, 0.2) is 0 Å². The van der Waals surface area contributed by atoms with Crippen molar-refractivity contribution in [3.05, 3.63) is 0 Å². The fraction of sp³-hybridized carbons (Fsp3) is 0.833. The van der Waals surface area contributed by atoms with Crippen LogP contribution in [0.3, 0.4) is 0 Å².